The SMILES string of the molecule is CC(C)(C)/C(=N\O)C(c1cccc(COCc2ccccc2Cl)c1Cl)n1cncn1. The van der Waals surface area contributed by atoms with E-state index in [1.54, 1.807) is 11.0 Å². The van der Waals surface area contributed by atoms with Gasteiger partial charge in [0.05, 0.1) is 23.9 Å². The van der Waals surface area contributed by atoms with Crippen molar-refractivity contribution in [1.29, 1.82) is 0 Å². The molecule has 8 heteroatoms. The van der Waals surface area contributed by atoms with Crippen molar-refractivity contribution in [2.45, 2.75) is 40.0 Å². The van der Waals surface area contributed by atoms with E-state index in [-0.39, 0.29) is 0 Å². The molecule has 0 saturated heterocycles. The normalized spacial score (nSPS) is 13.4. The molecular formula is C22H24Cl2N4O2. The molecule has 0 aliphatic heterocycles. The summed E-state index contributed by atoms with van der Waals surface area (Å²) in [6.07, 6.45) is 3.02. The number of aromatic nitrogens is 3. The smallest absolute Gasteiger partial charge is 0.137 e. The Morgan fingerprint density at radius 3 is 2.43 bits per heavy atom. The van der Waals surface area contributed by atoms with Gasteiger partial charge in [-0.25, -0.2) is 9.67 Å². The van der Waals surface area contributed by atoms with E-state index in [0.29, 0.717) is 29.0 Å². The summed E-state index contributed by atoms with van der Waals surface area (Å²) in [7, 11) is 0. The van der Waals surface area contributed by atoms with Gasteiger partial charge in [-0.2, -0.15) is 5.10 Å². The lowest BCUT2D eigenvalue weighted by Crippen LogP contribution is -2.32. The lowest BCUT2D eigenvalue weighted by Gasteiger charge is -2.28. The first kappa shape index (κ1) is 22.3. The Balaban J connectivity index is 1.90. The second kappa shape index (κ2) is 9.60. The van der Waals surface area contributed by atoms with Crippen molar-refractivity contribution in [3.8, 4) is 0 Å². The molecule has 2 aromatic carbocycles. The Labute approximate surface area is 186 Å². The van der Waals surface area contributed by atoms with Crippen LogP contribution in [0.4, 0.5) is 0 Å². The third-order valence-corrected chi connectivity index (χ3v) is 5.54. The standard InChI is InChI=1S/C22H24Cl2N4O2/c1-22(2,3)21(27-29)20(28-14-25-13-26-28)17-9-6-8-16(19(17)24)12-30-11-15-7-4-5-10-18(15)23/h4-10,13-14,20,29H,11-12H2,1-3H3/b27-21-. The molecule has 1 heterocycles. The maximum atomic E-state index is 9.79. The third kappa shape index (κ3) is 5.01. The molecule has 1 aromatic heterocycles. The van der Waals surface area contributed by atoms with Crippen LogP contribution in [0.15, 0.2) is 60.3 Å². The number of benzene rings is 2. The van der Waals surface area contributed by atoms with Crippen LogP contribution in [0.25, 0.3) is 0 Å². The summed E-state index contributed by atoms with van der Waals surface area (Å²) in [6, 6.07) is 12.8. The summed E-state index contributed by atoms with van der Waals surface area (Å²) < 4.78 is 7.50. The Bertz CT molecular complexity index is 1010. The van der Waals surface area contributed by atoms with E-state index < -0.39 is 11.5 Å². The highest BCUT2D eigenvalue weighted by atomic mass is 35.5. The Kier molecular flexibility index (Phi) is 7.13. The van der Waals surface area contributed by atoms with Crippen LogP contribution in [0.1, 0.15) is 43.5 Å². The number of oxime groups is 1. The van der Waals surface area contributed by atoms with Gasteiger partial charge in [0.1, 0.15) is 18.7 Å². The zero-order valence-corrected chi connectivity index (χ0v) is 18.6. The highest BCUT2D eigenvalue weighted by Gasteiger charge is 2.33. The van der Waals surface area contributed by atoms with Crippen molar-refractivity contribution < 1.29 is 9.94 Å². The molecule has 0 bridgehead atoms. The largest absolute Gasteiger partial charge is 0.411 e. The molecule has 0 aliphatic rings. The van der Waals surface area contributed by atoms with Gasteiger partial charge in [-0.05, 0) is 17.2 Å². The van der Waals surface area contributed by atoms with Gasteiger partial charge < -0.3 is 9.94 Å². The number of hydrogen-bond acceptors (Lipinski definition) is 5. The van der Waals surface area contributed by atoms with Gasteiger partial charge in [0.2, 0.25) is 0 Å². The lowest BCUT2D eigenvalue weighted by molar-refractivity contribution is 0.107. The zero-order chi connectivity index (χ0) is 21.7. The third-order valence-electron chi connectivity index (χ3n) is 4.71. The topological polar surface area (TPSA) is 72.5 Å². The Morgan fingerprint density at radius 1 is 1.10 bits per heavy atom. The number of ether oxygens (including phenoxy) is 1. The molecule has 3 aromatic rings. The summed E-state index contributed by atoms with van der Waals surface area (Å²) in [5.41, 5.74) is 2.57. The Morgan fingerprint density at radius 2 is 1.80 bits per heavy atom. The summed E-state index contributed by atoms with van der Waals surface area (Å²) in [5.74, 6) is 0. The molecule has 1 N–H and O–H groups in total. The predicted molar refractivity (Wildman–Crippen MR) is 118 cm³/mol. The molecule has 6 nitrogen and oxygen atoms in total. The molecule has 0 aliphatic carbocycles. The van der Waals surface area contributed by atoms with Crippen LogP contribution in [0.3, 0.4) is 0 Å². The van der Waals surface area contributed by atoms with Crippen LogP contribution >= 0.6 is 23.2 Å². The summed E-state index contributed by atoms with van der Waals surface area (Å²) >= 11 is 13.0. The van der Waals surface area contributed by atoms with Gasteiger partial charge in [0.15, 0.2) is 0 Å². The fraction of sp³-hybridized carbons (Fsp3) is 0.318. The van der Waals surface area contributed by atoms with E-state index in [1.807, 2.05) is 63.2 Å². The van der Waals surface area contributed by atoms with Gasteiger partial charge in [0, 0.05) is 16.0 Å². The van der Waals surface area contributed by atoms with Crippen LogP contribution in [-0.2, 0) is 18.0 Å². The fourth-order valence-electron chi connectivity index (χ4n) is 3.19. The average Bonchev–Trinajstić information content (AvgIpc) is 3.22. The monoisotopic (exact) mass is 446 g/mol. The van der Waals surface area contributed by atoms with Gasteiger partial charge in [-0.3, -0.25) is 0 Å². The van der Waals surface area contributed by atoms with E-state index >= 15 is 0 Å². The van der Waals surface area contributed by atoms with Crippen molar-refractivity contribution >= 4 is 28.9 Å². The summed E-state index contributed by atoms with van der Waals surface area (Å²) in [4.78, 5) is 4.05. The van der Waals surface area contributed by atoms with Gasteiger partial charge in [-0.1, -0.05) is 85.5 Å². The van der Waals surface area contributed by atoms with Crippen LogP contribution in [0.5, 0.6) is 0 Å². The quantitative estimate of drug-likeness (QED) is 0.284. The molecule has 1 unspecified atom stereocenters. The number of halogens is 2. The average molecular weight is 447 g/mol. The first-order valence-electron chi connectivity index (χ1n) is 9.48. The van der Waals surface area contributed by atoms with E-state index in [1.165, 1.54) is 6.33 Å². The molecule has 0 fully saturated rings. The first-order chi connectivity index (χ1) is 14.3. The van der Waals surface area contributed by atoms with Crippen LogP contribution in [-0.4, -0.2) is 25.7 Å². The molecule has 30 heavy (non-hydrogen) atoms. The highest BCUT2D eigenvalue weighted by Crippen LogP contribution is 2.35. The minimum atomic E-state index is -0.506. The summed E-state index contributed by atoms with van der Waals surface area (Å²) in [5, 5.41) is 18.9. The van der Waals surface area contributed by atoms with Crippen molar-refractivity contribution in [1.82, 2.24) is 14.8 Å². The van der Waals surface area contributed by atoms with Gasteiger partial charge >= 0.3 is 0 Å². The minimum absolute atomic E-state index is 0.309. The van der Waals surface area contributed by atoms with Crippen molar-refractivity contribution in [3.63, 3.8) is 0 Å². The first-order valence-corrected chi connectivity index (χ1v) is 10.2. The predicted octanol–water partition coefficient (Wildman–Crippen LogP) is 5.77. The van der Waals surface area contributed by atoms with E-state index in [0.717, 1.165) is 16.7 Å². The van der Waals surface area contributed by atoms with Crippen molar-refractivity contribution in [2.75, 3.05) is 0 Å². The molecule has 0 amide bonds. The number of nitrogens with zero attached hydrogens (tertiary/aromatic N) is 4. The van der Waals surface area contributed by atoms with Gasteiger partial charge in [0.25, 0.3) is 0 Å². The fourth-order valence-corrected chi connectivity index (χ4v) is 3.66. The van der Waals surface area contributed by atoms with Crippen LogP contribution in [0, 0.1) is 5.41 Å². The van der Waals surface area contributed by atoms with E-state index in [4.69, 9.17) is 27.9 Å². The highest BCUT2D eigenvalue weighted by molar-refractivity contribution is 6.32. The van der Waals surface area contributed by atoms with Crippen molar-refractivity contribution in [2.24, 2.45) is 10.6 Å². The van der Waals surface area contributed by atoms with E-state index in [9.17, 15) is 5.21 Å². The molecule has 0 spiro atoms. The number of hydrogen-bond donors (Lipinski definition) is 1. The molecule has 1 atom stereocenters. The lowest BCUT2D eigenvalue weighted by atomic mass is 9.82. The van der Waals surface area contributed by atoms with Crippen molar-refractivity contribution in [3.05, 3.63) is 81.9 Å². The molecule has 0 radical (unpaired) electrons. The second-order valence-corrected chi connectivity index (χ2v) is 8.70. The van der Waals surface area contributed by atoms with Crippen LogP contribution < -0.4 is 0 Å². The van der Waals surface area contributed by atoms with Crippen LogP contribution in [0.2, 0.25) is 10.0 Å². The zero-order valence-electron chi connectivity index (χ0n) is 17.1. The Hall–Kier alpha value is -2.41. The van der Waals surface area contributed by atoms with E-state index in [2.05, 4.69) is 15.2 Å². The van der Waals surface area contributed by atoms with Gasteiger partial charge in [-0.15, -0.1) is 0 Å². The molecule has 3 rings (SSSR count). The maximum absolute atomic E-state index is 9.79. The minimum Gasteiger partial charge on any atom is -0.411 e. The molecule has 0 saturated carbocycles. The summed E-state index contributed by atoms with van der Waals surface area (Å²) in [6.45, 7) is 6.59. The number of rotatable bonds is 7. The second-order valence-electron chi connectivity index (χ2n) is 7.92. The molecular weight excluding hydrogens is 423 g/mol. The molecule has 158 valence electrons. The maximum Gasteiger partial charge on any atom is 0.137 e.